The standard InChI is InChI=1S/C20H24N4O2/c25-20(15-5-3-11-24(14-15)19-13-21-9-10-22-19)23-17-7-4-12-26-18-8-2-1-6-16(17)18/h1-2,6,8-10,13,15,17H,3-5,7,11-12,14H2,(H,23,25)/t15-,17+/m0/s1. The van der Waals surface area contributed by atoms with E-state index in [9.17, 15) is 4.79 Å². The van der Waals surface area contributed by atoms with Gasteiger partial charge in [0, 0.05) is 31.0 Å². The van der Waals surface area contributed by atoms with Gasteiger partial charge in [-0.3, -0.25) is 9.78 Å². The van der Waals surface area contributed by atoms with Crippen LogP contribution in [0.5, 0.6) is 5.75 Å². The fourth-order valence-electron chi connectivity index (χ4n) is 3.82. The molecule has 6 heteroatoms. The van der Waals surface area contributed by atoms with Gasteiger partial charge in [0.05, 0.1) is 24.8 Å². The van der Waals surface area contributed by atoms with E-state index in [-0.39, 0.29) is 17.9 Å². The van der Waals surface area contributed by atoms with Crippen molar-refractivity contribution in [2.24, 2.45) is 5.92 Å². The summed E-state index contributed by atoms with van der Waals surface area (Å²) in [5.74, 6) is 1.83. The predicted molar refractivity (Wildman–Crippen MR) is 99.0 cm³/mol. The van der Waals surface area contributed by atoms with Crippen LogP contribution in [0.2, 0.25) is 0 Å². The van der Waals surface area contributed by atoms with Crippen LogP contribution in [0.1, 0.15) is 37.3 Å². The van der Waals surface area contributed by atoms with Crippen LogP contribution in [0.3, 0.4) is 0 Å². The summed E-state index contributed by atoms with van der Waals surface area (Å²) in [6.07, 6.45) is 8.87. The second kappa shape index (κ2) is 7.72. The Morgan fingerprint density at radius 3 is 3.00 bits per heavy atom. The van der Waals surface area contributed by atoms with Gasteiger partial charge in [-0.2, -0.15) is 0 Å². The van der Waals surface area contributed by atoms with Gasteiger partial charge >= 0.3 is 0 Å². The quantitative estimate of drug-likeness (QED) is 0.920. The van der Waals surface area contributed by atoms with Gasteiger partial charge < -0.3 is 15.0 Å². The molecule has 1 aromatic carbocycles. The SMILES string of the molecule is O=C(N[C@@H]1CCCOc2ccccc21)[C@H]1CCCN(c2cnccn2)C1. The monoisotopic (exact) mass is 352 g/mol. The number of carbonyl (C=O) groups excluding carboxylic acids is 1. The fraction of sp³-hybridized carbons (Fsp3) is 0.450. The average molecular weight is 352 g/mol. The predicted octanol–water partition coefficient (Wildman–Crippen LogP) is 2.72. The Morgan fingerprint density at radius 2 is 2.12 bits per heavy atom. The van der Waals surface area contributed by atoms with Crippen LogP contribution in [0.4, 0.5) is 5.82 Å². The minimum Gasteiger partial charge on any atom is -0.493 e. The molecule has 1 N–H and O–H groups in total. The largest absolute Gasteiger partial charge is 0.493 e. The number of piperidine rings is 1. The smallest absolute Gasteiger partial charge is 0.225 e. The van der Waals surface area contributed by atoms with E-state index in [1.807, 2.05) is 18.2 Å². The third kappa shape index (κ3) is 3.64. The third-order valence-electron chi connectivity index (χ3n) is 5.17. The van der Waals surface area contributed by atoms with Crippen molar-refractivity contribution >= 4 is 11.7 Å². The molecule has 0 spiro atoms. The van der Waals surface area contributed by atoms with Crippen molar-refractivity contribution in [3.05, 3.63) is 48.4 Å². The number of fused-ring (bicyclic) bond motifs is 1. The molecule has 3 heterocycles. The molecule has 1 saturated heterocycles. The number of aromatic nitrogens is 2. The maximum Gasteiger partial charge on any atom is 0.225 e. The Hall–Kier alpha value is -2.63. The van der Waals surface area contributed by atoms with Crippen LogP contribution < -0.4 is 15.0 Å². The van der Waals surface area contributed by atoms with Crippen LogP contribution in [0.15, 0.2) is 42.9 Å². The van der Waals surface area contributed by atoms with Gasteiger partial charge in [-0.15, -0.1) is 0 Å². The van der Waals surface area contributed by atoms with E-state index in [2.05, 4.69) is 26.3 Å². The normalized spacial score (nSPS) is 22.7. The van der Waals surface area contributed by atoms with Gasteiger partial charge in [-0.05, 0) is 31.7 Å². The van der Waals surface area contributed by atoms with Crippen molar-refractivity contribution in [3.8, 4) is 5.75 Å². The van der Waals surface area contributed by atoms with Gasteiger partial charge in [0.2, 0.25) is 5.91 Å². The number of hydrogen-bond donors (Lipinski definition) is 1. The number of amides is 1. The molecular formula is C20H24N4O2. The Kier molecular flexibility index (Phi) is 5.00. The molecule has 0 saturated carbocycles. The summed E-state index contributed by atoms with van der Waals surface area (Å²) >= 11 is 0. The highest BCUT2D eigenvalue weighted by Crippen LogP contribution is 2.32. The zero-order valence-corrected chi connectivity index (χ0v) is 14.8. The molecule has 1 fully saturated rings. The second-order valence-corrected chi connectivity index (χ2v) is 6.94. The second-order valence-electron chi connectivity index (χ2n) is 6.94. The molecule has 2 aliphatic rings. The maximum absolute atomic E-state index is 13.0. The molecule has 0 aliphatic carbocycles. The van der Waals surface area contributed by atoms with Crippen molar-refractivity contribution in [2.45, 2.75) is 31.7 Å². The van der Waals surface area contributed by atoms with Crippen LogP contribution in [-0.4, -0.2) is 35.6 Å². The molecule has 1 amide bonds. The molecule has 2 atom stereocenters. The molecule has 0 radical (unpaired) electrons. The van der Waals surface area contributed by atoms with E-state index in [1.54, 1.807) is 18.6 Å². The molecular weight excluding hydrogens is 328 g/mol. The molecule has 6 nitrogen and oxygen atoms in total. The highest BCUT2D eigenvalue weighted by molar-refractivity contribution is 5.80. The van der Waals surface area contributed by atoms with Crippen LogP contribution in [-0.2, 0) is 4.79 Å². The Morgan fingerprint density at radius 1 is 1.19 bits per heavy atom. The van der Waals surface area contributed by atoms with E-state index in [4.69, 9.17) is 4.74 Å². The molecule has 26 heavy (non-hydrogen) atoms. The average Bonchev–Trinajstić information content (AvgIpc) is 2.91. The van der Waals surface area contributed by atoms with E-state index in [0.29, 0.717) is 13.2 Å². The highest BCUT2D eigenvalue weighted by atomic mass is 16.5. The minimum absolute atomic E-state index is 0.0214. The van der Waals surface area contributed by atoms with Crippen molar-refractivity contribution in [3.63, 3.8) is 0 Å². The molecule has 2 aliphatic heterocycles. The number of benzene rings is 1. The Balaban J connectivity index is 1.45. The molecule has 4 rings (SSSR count). The lowest BCUT2D eigenvalue weighted by Gasteiger charge is -2.33. The van der Waals surface area contributed by atoms with Crippen LogP contribution >= 0.6 is 0 Å². The molecule has 0 bridgehead atoms. The van der Waals surface area contributed by atoms with Crippen molar-refractivity contribution < 1.29 is 9.53 Å². The summed E-state index contributed by atoms with van der Waals surface area (Å²) < 4.78 is 5.81. The first-order valence-electron chi connectivity index (χ1n) is 9.34. The summed E-state index contributed by atoms with van der Waals surface area (Å²) in [7, 11) is 0. The number of carbonyl (C=O) groups is 1. The van der Waals surface area contributed by atoms with Crippen molar-refractivity contribution in [1.82, 2.24) is 15.3 Å². The summed E-state index contributed by atoms with van der Waals surface area (Å²) in [6, 6.07) is 8.04. The zero-order valence-electron chi connectivity index (χ0n) is 14.8. The number of anilines is 1. The maximum atomic E-state index is 13.0. The summed E-state index contributed by atoms with van der Waals surface area (Å²) in [4.78, 5) is 23.6. The van der Waals surface area contributed by atoms with Crippen LogP contribution in [0.25, 0.3) is 0 Å². The number of nitrogens with one attached hydrogen (secondary N) is 1. The topological polar surface area (TPSA) is 67.3 Å². The molecule has 1 aromatic heterocycles. The number of hydrogen-bond acceptors (Lipinski definition) is 5. The lowest BCUT2D eigenvalue weighted by molar-refractivity contribution is -0.126. The van der Waals surface area contributed by atoms with E-state index in [0.717, 1.165) is 49.4 Å². The van der Waals surface area contributed by atoms with Crippen molar-refractivity contribution in [2.75, 3.05) is 24.6 Å². The van der Waals surface area contributed by atoms with E-state index in [1.165, 1.54) is 0 Å². The van der Waals surface area contributed by atoms with Gasteiger partial charge in [0.25, 0.3) is 0 Å². The number of para-hydroxylation sites is 1. The highest BCUT2D eigenvalue weighted by Gasteiger charge is 2.29. The van der Waals surface area contributed by atoms with Crippen molar-refractivity contribution in [1.29, 1.82) is 0 Å². The molecule has 2 aromatic rings. The lowest BCUT2D eigenvalue weighted by atomic mass is 9.95. The lowest BCUT2D eigenvalue weighted by Crippen LogP contribution is -2.44. The van der Waals surface area contributed by atoms with Crippen LogP contribution in [0, 0.1) is 5.92 Å². The first-order valence-corrected chi connectivity index (χ1v) is 9.34. The first kappa shape index (κ1) is 16.8. The summed E-state index contributed by atoms with van der Waals surface area (Å²) in [5, 5.41) is 3.28. The first-order chi connectivity index (χ1) is 12.8. The molecule has 136 valence electrons. The van der Waals surface area contributed by atoms with Gasteiger partial charge in [-0.1, -0.05) is 18.2 Å². The summed E-state index contributed by atoms with van der Waals surface area (Å²) in [5.41, 5.74) is 1.08. The Bertz CT molecular complexity index is 752. The van der Waals surface area contributed by atoms with Gasteiger partial charge in [-0.25, -0.2) is 4.98 Å². The number of ether oxygens (including phenoxy) is 1. The van der Waals surface area contributed by atoms with E-state index >= 15 is 0 Å². The Labute approximate surface area is 153 Å². The third-order valence-corrected chi connectivity index (χ3v) is 5.17. The summed E-state index contributed by atoms with van der Waals surface area (Å²) in [6.45, 7) is 2.31. The number of rotatable bonds is 3. The molecule has 0 unspecified atom stereocenters. The van der Waals surface area contributed by atoms with Gasteiger partial charge in [0.15, 0.2) is 0 Å². The number of nitrogens with zero attached hydrogens (tertiary/aromatic N) is 3. The van der Waals surface area contributed by atoms with E-state index < -0.39 is 0 Å². The van der Waals surface area contributed by atoms with Gasteiger partial charge in [0.1, 0.15) is 11.6 Å². The fourth-order valence-corrected chi connectivity index (χ4v) is 3.82. The zero-order chi connectivity index (χ0) is 17.8. The minimum atomic E-state index is -0.0258.